The Morgan fingerprint density at radius 2 is 1.89 bits per heavy atom. The minimum absolute atomic E-state index is 0.101. The van der Waals surface area contributed by atoms with Crippen molar-refractivity contribution in [1.29, 1.82) is 0 Å². The van der Waals surface area contributed by atoms with Crippen LogP contribution in [0.5, 0.6) is 0 Å². The summed E-state index contributed by atoms with van der Waals surface area (Å²) in [6, 6.07) is 3.59. The maximum absolute atomic E-state index is 13.0. The summed E-state index contributed by atoms with van der Waals surface area (Å²) in [6.45, 7) is 4.49. The number of nitrogens with one attached hydrogen (secondary N) is 2. The zero-order chi connectivity index (χ0) is 19.7. The summed E-state index contributed by atoms with van der Waals surface area (Å²) < 4.78 is 0. The van der Waals surface area contributed by atoms with Gasteiger partial charge in [-0.15, -0.1) is 0 Å². The summed E-state index contributed by atoms with van der Waals surface area (Å²) in [5, 5.41) is 2.91. The normalized spacial score (nSPS) is 28.0. The van der Waals surface area contributed by atoms with Crippen molar-refractivity contribution < 1.29 is 19.4 Å². The third kappa shape index (κ3) is 3.21. The van der Waals surface area contributed by atoms with E-state index in [2.05, 4.69) is 15.2 Å². The van der Waals surface area contributed by atoms with E-state index < -0.39 is 11.6 Å². The van der Waals surface area contributed by atoms with E-state index in [9.17, 15) is 14.4 Å². The number of hydrogen-bond acceptors (Lipinski definition) is 4. The van der Waals surface area contributed by atoms with E-state index in [0.717, 1.165) is 42.9 Å². The predicted molar refractivity (Wildman–Crippen MR) is 102 cm³/mol. The molecule has 2 aliphatic heterocycles. The highest BCUT2D eigenvalue weighted by atomic mass is 16.2. The lowest BCUT2D eigenvalue weighted by atomic mass is 9.73. The van der Waals surface area contributed by atoms with Gasteiger partial charge in [-0.05, 0) is 18.8 Å². The van der Waals surface area contributed by atoms with Crippen LogP contribution in [0.15, 0.2) is 24.5 Å². The van der Waals surface area contributed by atoms with Crippen LogP contribution in [0.2, 0.25) is 0 Å². The van der Waals surface area contributed by atoms with Crippen LogP contribution < -0.4 is 15.2 Å². The van der Waals surface area contributed by atoms with Gasteiger partial charge in [0.05, 0.1) is 0 Å². The van der Waals surface area contributed by atoms with Crippen LogP contribution in [0, 0.1) is 5.92 Å². The number of carbonyl (C=O) groups is 3. The van der Waals surface area contributed by atoms with Gasteiger partial charge in [-0.1, -0.05) is 19.8 Å². The topological polar surface area (TPSA) is 87.1 Å². The molecule has 28 heavy (non-hydrogen) atoms. The summed E-state index contributed by atoms with van der Waals surface area (Å²) in [7, 11) is 0. The van der Waals surface area contributed by atoms with Gasteiger partial charge in [0.25, 0.3) is 5.91 Å². The van der Waals surface area contributed by atoms with Crippen molar-refractivity contribution in [2.45, 2.75) is 38.1 Å². The molecular formula is C20H28N5O3+. The zero-order valence-electron chi connectivity index (χ0n) is 16.3. The van der Waals surface area contributed by atoms with E-state index in [4.69, 9.17) is 0 Å². The Hall–Kier alpha value is -2.64. The molecule has 2 atom stereocenters. The largest absolute Gasteiger partial charge is 0.368 e. The third-order valence-electron chi connectivity index (χ3n) is 6.49. The van der Waals surface area contributed by atoms with Crippen LogP contribution in [0.1, 0.15) is 32.6 Å². The van der Waals surface area contributed by atoms with E-state index in [1.54, 1.807) is 4.90 Å². The minimum Gasteiger partial charge on any atom is -0.368 e. The summed E-state index contributed by atoms with van der Waals surface area (Å²) in [6.07, 6.45) is 7.36. The third-order valence-corrected chi connectivity index (χ3v) is 6.49. The number of rotatable bonds is 3. The van der Waals surface area contributed by atoms with Gasteiger partial charge >= 0.3 is 6.03 Å². The van der Waals surface area contributed by atoms with Crippen molar-refractivity contribution in [2.75, 3.05) is 37.6 Å². The molecule has 0 unspecified atom stereocenters. The van der Waals surface area contributed by atoms with Crippen molar-refractivity contribution in [3.8, 4) is 0 Å². The lowest BCUT2D eigenvalue weighted by Gasteiger charge is -2.37. The number of H-pyrrole nitrogens is 1. The lowest BCUT2D eigenvalue weighted by Crippen LogP contribution is -2.55. The molecule has 1 spiro atoms. The van der Waals surface area contributed by atoms with Gasteiger partial charge in [-0.2, -0.15) is 0 Å². The molecule has 4 amide bonds. The molecule has 8 nitrogen and oxygen atoms in total. The van der Waals surface area contributed by atoms with Crippen LogP contribution in [-0.2, 0) is 9.59 Å². The number of piperazine rings is 1. The van der Waals surface area contributed by atoms with E-state index in [-0.39, 0.29) is 24.3 Å². The fraction of sp³-hybridized carbons (Fsp3) is 0.600. The number of urea groups is 1. The predicted octanol–water partition coefficient (Wildman–Crippen LogP) is 0.650. The smallest absolute Gasteiger partial charge is 0.325 e. The second kappa shape index (κ2) is 7.41. The molecule has 1 aromatic rings. The van der Waals surface area contributed by atoms with Gasteiger partial charge in [0.15, 0.2) is 12.4 Å². The highest BCUT2D eigenvalue weighted by Gasteiger charge is 2.55. The Bertz CT molecular complexity index is 762. The second-order valence-electron chi connectivity index (χ2n) is 8.07. The molecule has 3 heterocycles. The first kappa shape index (κ1) is 18.7. The van der Waals surface area contributed by atoms with Gasteiger partial charge in [0, 0.05) is 44.0 Å². The highest BCUT2D eigenvalue weighted by Crippen LogP contribution is 2.38. The Balaban J connectivity index is 1.36. The van der Waals surface area contributed by atoms with Crippen molar-refractivity contribution in [1.82, 2.24) is 15.1 Å². The first-order chi connectivity index (χ1) is 13.5. The molecule has 3 fully saturated rings. The molecule has 4 rings (SSSR count). The molecule has 1 aliphatic carbocycles. The number of aromatic nitrogens is 1. The number of hydrogen-bond donors (Lipinski definition) is 1. The zero-order valence-corrected chi connectivity index (χ0v) is 16.3. The van der Waals surface area contributed by atoms with E-state index in [0.29, 0.717) is 19.5 Å². The summed E-state index contributed by atoms with van der Waals surface area (Å²) >= 11 is 0. The molecule has 0 radical (unpaired) electrons. The SMILES string of the molecule is C[C@H]1CCCC[C@@]12NC(=O)N(CC(=O)N1CCN(c3cc[nH+]cc3)CC1)C2=O. The summed E-state index contributed by atoms with van der Waals surface area (Å²) in [4.78, 5) is 46.4. The standard InChI is InChI=1S/C20H27N5O3/c1-15-4-2-3-7-20(15)18(27)25(19(28)22-20)14-17(26)24-12-10-23(11-13-24)16-5-8-21-9-6-16/h5-6,8-9,15H,2-4,7,10-14H2,1H3,(H,22,28)/p+1/t15-,20+/m0/s1. The average Bonchev–Trinajstić information content (AvgIpc) is 2.96. The molecule has 0 bridgehead atoms. The van der Waals surface area contributed by atoms with Gasteiger partial charge in [-0.3, -0.25) is 14.5 Å². The maximum atomic E-state index is 13.0. The molecule has 1 saturated carbocycles. The molecule has 2 N–H and O–H groups in total. The van der Waals surface area contributed by atoms with Crippen molar-refractivity contribution in [3.63, 3.8) is 0 Å². The first-order valence-electron chi connectivity index (χ1n) is 10.1. The van der Waals surface area contributed by atoms with Crippen LogP contribution in [0.4, 0.5) is 10.5 Å². The highest BCUT2D eigenvalue weighted by molar-refractivity contribution is 6.09. The Kier molecular flexibility index (Phi) is 4.95. The van der Waals surface area contributed by atoms with E-state index >= 15 is 0 Å². The summed E-state index contributed by atoms with van der Waals surface area (Å²) in [5.74, 6) is -0.285. The van der Waals surface area contributed by atoms with Crippen LogP contribution >= 0.6 is 0 Å². The Labute approximate surface area is 164 Å². The Morgan fingerprint density at radius 3 is 2.57 bits per heavy atom. The van der Waals surface area contributed by atoms with Gasteiger partial charge in [-0.25, -0.2) is 9.78 Å². The van der Waals surface area contributed by atoms with Crippen molar-refractivity contribution >= 4 is 23.5 Å². The molecule has 2 saturated heterocycles. The molecule has 1 aromatic heterocycles. The maximum Gasteiger partial charge on any atom is 0.325 e. The molecular weight excluding hydrogens is 358 g/mol. The number of carbonyl (C=O) groups excluding carboxylic acids is 3. The second-order valence-corrected chi connectivity index (χ2v) is 8.07. The number of imide groups is 1. The number of aromatic amines is 1. The van der Waals surface area contributed by atoms with E-state index in [1.807, 2.05) is 31.5 Å². The molecule has 0 aromatic carbocycles. The number of pyridine rings is 1. The number of anilines is 1. The first-order valence-corrected chi connectivity index (χ1v) is 10.1. The Morgan fingerprint density at radius 1 is 1.18 bits per heavy atom. The van der Waals surface area contributed by atoms with Gasteiger partial charge in [0.2, 0.25) is 5.91 Å². The molecule has 150 valence electrons. The van der Waals surface area contributed by atoms with Crippen molar-refractivity contribution in [3.05, 3.63) is 24.5 Å². The van der Waals surface area contributed by atoms with Crippen molar-refractivity contribution in [2.24, 2.45) is 5.92 Å². The summed E-state index contributed by atoms with van der Waals surface area (Å²) in [5.41, 5.74) is 0.312. The van der Waals surface area contributed by atoms with Crippen LogP contribution in [0.25, 0.3) is 0 Å². The molecule has 8 heteroatoms. The molecule has 3 aliphatic rings. The fourth-order valence-corrected chi connectivity index (χ4v) is 4.68. The monoisotopic (exact) mass is 386 g/mol. The van der Waals surface area contributed by atoms with Gasteiger partial charge in [0.1, 0.15) is 12.1 Å². The number of nitrogens with zero attached hydrogens (tertiary/aromatic N) is 3. The van der Waals surface area contributed by atoms with Gasteiger partial charge < -0.3 is 15.1 Å². The van der Waals surface area contributed by atoms with E-state index in [1.165, 1.54) is 0 Å². The number of amides is 4. The fourth-order valence-electron chi connectivity index (χ4n) is 4.68. The lowest BCUT2D eigenvalue weighted by molar-refractivity contribution is -0.377. The minimum atomic E-state index is -0.807. The van der Waals surface area contributed by atoms with Crippen LogP contribution in [-0.4, -0.2) is 65.9 Å². The van der Waals surface area contributed by atoms with Crippen LogP contribution in [0.3, 0.4) is 0 Å². The quantitative estimate of drug-likeness (QED) is 0.773. The average molecular weight is 386 g/mol.